The number of nitrogens with zero attached hydrogens (tertiary/aromatic N) is 4. The van der Waals surface area contributed by atoms with Crippen molar-refractivity contribution in [2.24, 2.45) is 0 Å². The third-order valence-corrected chi connectivity index (χ3v) is 5.09. The predicted octanol–water partition coefficient (Wildman–Crippen LogP) is 4.70. The maximum Gasteiger partial charge on any atom is 0.163 e. The van der Waals surface area contributed by atoms with E-state index in [2.05, 4.69) is 50.7 Å². The van der Waals surface area contributed by atoms with Crippen LogP contribution in [0.3, 0.4) is 0 Å². The highest BCUT2D eigenvalue weighted by Gasteiger charge is 2.11. The van der Waals surface area contributed by atoms with Crippen LogP contribution in [0.2, 0.25) is 0 Å². The number of nitrogens with one attached hydrogen (secondary N) is 2. The number of pyridine rings is 1. The number of aromatic amines is 1. The van der Waals surface area contributed by atoms with Gasteiger partial charge in [-0.15, -0.1) is 0 Å². The minimum absolute atomic E-state index is 0.484. The first-order chi connectivity index (χ1) is 14.8. The molecule has 0 atom stereocenters. The van der Waals surface area contributed by atoms with E-state index in [4.69, 9.17) is 4.98 Å². The van der Waals surface area contributed by atoms with E-state index in [1.165, 1.54) is 17.1 Å². The van der Waals surface area contributed by atoms with Crippen LogP contribution in [-0.2, 0) is 6.42 Å². The van der Waals surface area contributed by atoms with Crippen LogP contribution in [0.25, 0.3) is 33.2 Å². The number of para-hydroxylation sites is 2. The molecule has 0 aliphatic rings. The van der Waals surface area contributed by atoms with E-state index >= 15 is 0 Å². The first-order valence-corrected chi connectivity index (χ1v) is 9.73. The van der Waals surface area contributed by atoms with Crippen molar-refractivity contribution in [3.8, 4) is 17.5 Å². The first-order valence-electron chi connectivity index (χ1n) is 9.73. The number of benzene rings is 2. The molecule has 3 aromatic heterocycles. The fourth-order valence-corrected chi connectivity index (χ4v) is 3.62. The van der Waals surface area contributed by atoms with Crippen molar-refractivity contribution in [1.82, 2.24) is 19.9 Å². The number of nitriles is 1. The van der Waals surface area contributed by atoms with Crippen molar-refractivity contribution in [2.45, 2.75) is 6.42 Å². The van der Waals surface area contributed by atoms with Gasteiger partial charge < -0.3 is 10.3 Å². The lowest BCUT2D eigenvalue weighted by Crippen LogP contribution is -2.08. The van der Waals surface area contributed by atoms with Gasteiger partial charge in [-0.05, 0) is 36.2 Å². The highest BCUT2D eigenvalue weighted by atomic mass is 15.0. The monoisotopic (exact) mass is 390 g/mol. The van der Waals surface area contributed by atoms with Crippen LogP contribution in [0.15, 0.2) is 73.2 Å². The smallest absolute Gasteiger partial charge is 0.163 e. The highest BCUT2D eigenvalue weighted by molar-refractivity contribution is 5.90. The Balaban J connectivity index is 1.46. The molecular weight excluding hydrogens is 372 g/mol. The molecule has 0 radical (unpaired) electrons. The van der Waals surface area contributed by atoms with E-state index in [0.717, 1.165) is 40.8 Å². The van der Waals surface area contributed by atoms with Crippen molar-refractivity contribution in [2.75, 3.05) is 11.9 Å². The molecule has 6 nitrogen and oxygen atoms in total. The van der Waals surface area contributed by atoms with Crippen molar-refractivity contribution >= 4 is 27.6 Å². The molecule has 0 spiro atoms. The average molecular weight is 390 g/mol. The topological polar surface area (TPSA) is 90.3 Å². The van der Waals surface area contributed by atoms with Gasteiger partial charge in [-0.1, -0.05) is 30.3 Å². The lowest BCUT2D eigenvalue weighted by Gasteiger charge is -2.11. The molecule has 0 aliphatic heterocycles. The molecule has 5 aromatic rings. The Kier molecular flexibility index (Phi) is 4.54. The Bertz CT molecular complexity index is 1400. The molecule has 30 heavy (non-hydrogen) atoms. The van der Waals surface area contributed by atoms with Gasteiger partial charge in [0.25, 0.3) is 0 Å². The zero-order valence-corrected chi connectivity index (χ0v) is 16.1. The zero-order chi connectivity index (χ0) is 20.3. The van der Waals surface area contributed by atoms with Crippen molar-refractivity contribution in [3.63, 3.8) is 0 Å². The molecule has 0 saturated carbocycles. The van der Waals surface area contributed by atoms with Crippen molar-refractivity contribution in [3.05, 3.63) is 84.3 Å². The molecule has 0 amide bonds. The average Bonchev–Trinajstić information content (AvgIpc) is 3.22. The summed E-state index contributed by atoms with van der Waals surface area (Å²) in [4.78, 5) is 16.9. The fourth-order valence-electron chi connectivity index (χ4n) is 3.62. The molecule has 144 valence electrons. The second-order valence-corrected chi connectivity index (χ2v) is 7.02. The zero-order valence-electron chi connectivity index (χ0n) is 16.1. The Labute approximate surface area is 173 Å². The van der Waals surface area contributed by atoms with Crippen LogP contribution in [-0.4, -0.2) is 26.5 Å². The fraction of sp³-hybridized carbons (Fsp3) is 0.0833. The summed E-state index contributed by atoms with van der Waals surface area (Å²) in [5.41, 5.74) is 4.46. The summed E-state index contributed by atoms with van der Waals surface area (Å²) >= 11 is 0. The second-order valence-electron chi connectivity index (χ2n) is 7.02. The van der Waals surface area contributed by atoms with E-state index in [-0.39, 0.29) is 0 Å². The van der Waals surface area contributed by atoms with Gasteiger partial charge in [0.05, 0.1) is 11.1 Å². The van der Waals surface area contributed by atoms with Gasteiger partial charge >= 0.3 is 0 Å². The molecule has 3 heterocycles. The van der Waals surface area contributed by atoms with E-state index in [1.54, 1.807) is 12.3 Å². The van der Waals surface area contributed by atoms with Gasteiger partial charge in [0, 0.05) is 47.0 Å². The third kappa shape index (κ3) is 3.33. The number of fused-ring (bicyclic) bond motifs is 2. The summed E-state index contributed by atoms with van der Waals surface area (Å²) in [7, 11) is 0. The summed E-state index contributed by atoms with van der Waals surface area (Å²) in [6.45, 7) is 0.735. The molecule has 2 aromatic carbocycles. The molecule has 6 heteroatoms. The summed E-state index contributed by atoms with van der Waals surface area (Å²) < 4.78 is 0. The van der Waals surface area contributed by atoms with Crippen LogP contribution in [0, 0.1) is 11.3 Å². The van der Waals surface area contributed by atoms with Crippen LogP contribution in [0.5, 0.6) is 0 Å². The quantitative estimate of drug-likeness (QED) is 0.454. The van der Waals surface area contributed by atoms with Gasteiger partial charge in [-0.3, -0.25) is 4.98 Å². The van der Waals surface area contributed by atoms with Crippen molar-refractivity contribution in [1.29, 1.82) is 5.26 Å². The molecule has 0 bridgehead atoms. The first kappa shape index (κ1) is 17.8. The minimum atomic E-state index is 0.484. The largest absolute Gasteiger partial charge is 0.369 e. The van der Waals surface area contributed by atoms with E-state index in [0.29, 0.717) is 11.4 Å². The molecule has 0 unspecified atom stereocenters. The minimum Gasteiger partial charge on any atom is -0.369 e. The molecular formula is C24H18N6. The number of rotatable bonds is 5. The Morgan fingerprint density at radius 2 is 1.80 bits per heavy atom. The molecule has 5 rings (SSSR count). The third-order valence-electron chi connectivity index (χ3n) is 5.09. The van der Waals surface area contributed by atoms with Crippen LogP contribution in [0.1, 0.15) is 11.1 Å². The summed E-state index contributed by atoms with van der Waals surface area (Å²) in [6.07, 6.45) is 6.14. The predicted molar refractivity (Wildman–Crippen MR) is 118 cm³/mol. The Hall–Kier alpha value is -4.24. The summed E-state index contributed by atoms with van der Waals surface area (Å²) in [5.74, 6) is 1.32. The maximum absolute atomic E-state index is 9.17. The molecule has 2 N–H and O–H groups in total. The molecule has 0 aliphatic carbocycles. The normalized spacial score (nSPS) is 10.9. The van der Waals surface area contributed by atoms with Crippen LogP contribution >= 0.6 is 0 Å². The SMILES string of the molecule is N#Cc1cncc(-c2nc(NCCc3c[nH]c4ccccc34)c3ccccc3n2)c1. The highest BCUT2D eigenvalue weighted by Crippen LogP contribution is 2.25. The van der Waals surface area contributed by atoms with Crippen molar-refractivity contribution < 1.29 is 0 Å². The summed E-state index contributed by atoms with van der Waals surface area (Å²) in [5, 5.41) is 14.9. The lowest BCUT2D eigenvalue weighted by atomic mass is 10.1. The number of hydrogen-bond acceptors (Lipinski definition) is 5. The van der Waals surface area contributed by atoms with E-state index in [1.807, 2.05) is 30.3 Å². The Morgan fingerprint density at radius 3 is 2.70 bits per heavy atom. The summed E-state index contributed by atoms with van der Waals surface area (Å²) in [6, 6.07) is 20.1. The van der Waals surface area contributed by atoms with Gasteiger partial charge in [0.1, 0.15) is 11.9 Å². The lowest BCUT2D eigenvalue weighted by molar-refractivity contribution is 1.01. The van der Waals surface area contributed by atoms with E-state index in [9.17, 15) is 5.26 Å². The van der Waals surface area contributed by atoms with Gasteiger partial charge in [-0.2, -0.15) is 5.26 Å². The van der Waals surface area contributed by atoms with E-state index < -0.39 is 0 Å². The molecule has 0 saturated heterocycles. The molecule has 0 fully saturated rings. The number of aromatic nitrogens is 4. The standard InChI is InChI=1S/C24H18N6/c25-12-16-11-18(14-26-13-16)23-29-22-8-4-2-6-20(22)24(30-23)27-10-9-17-15-28-21-7-3-1-5-19(17)21/h1-8,11,13-15,28H,9-10H2,(H,27,29,30). The second kappa shape index (κ2) is 7.64. The number of hydrogen-bond donors (Lipinski definition) is 2. The maximum atomic E-state index is 9.17. The Morgan fingerprint density at radius 1 is 0.967 bits per heavy atom. The number of anilines is 1. The van der Waals surface area contributed by atoms with Crippen LogP contribution < -0.4 is 5.32 Å². The van der Waals surface area contributed by atoms with Gasteiger partial charge in [-0.25, -0.2) is 9.97 Å². The number of H-pyrrole nitrogens is 1. The van der Waals surface area contributed by atoms with Gasteiger partial charge in [0.2, 0.25) is 0 Å². The van der Waals surface area contributed by atoms with Crippen LogP contribution in [0.4, 0.5) is 5.82 Å². The van der Waals surface area contributed by atoms with Gasteiger partial charge in [0.15, 0.2) is 5.82 Å².